The van der Waals surface area contributed by atoms with Gasteiger partial charge in [-0.3, -0.25) is 9.69 Å². The second kappa shape index (κ2) is 7.96. The summed E-state index contributed by atoms with van der Waals surface area (Å²) in [4.78, 5) is 17.2. The molecule has 2 heterocycles. The Balaban J connectivity index is 1.39. The summed E-state index contributed by atoms with van der Waals surface area (Å²) in [5.74, 6) is -0.281. The van der Waals surface area contributed by atoms with E-state index in [1.807, 2.05) is 12.1 Å². The van der Waals surface area contributed by atoms with Gasteiger partial charge in [0.1, 0.15) is 5.82 Å². The van der Waals surface area contributed by atoms with Crippen LogP contribution in [-0.4, -0.2) is 50.1 Å². The number of anilines is 1. The second-order valence-electron chi connectivity index (χ2n) is 5.66. The smallest absolute Gasteiger partial charge is 0.261 e. The van der Waals surface area contributed by atoms with Crippen molar-refractivity contribution >= 4 is 34.5 Å². The number of hydrogen-bond donors (Lipinski definition) is 1. The summed E-state index contributed by atoms with van der Waals surface area (Å²) < 4.78 is 13.6. The lowest BCUT2D eigenvalue weighted by Gasteiger charge is -2.36. The summed E-state index contributed by atoms with van der Waals surface area (Å²) in [7, 11) is 0. The third kappa shape index (κ3) is 4.47. The van der Waals surface area contributed by atoms with Crippen LogP contribution < -0.4 is 10.2 Å². The van der Waals surface area contributed by atoms with E-state index < -0.39 is 0 Å². The van der Waals surface area contributed by atoms with Gasteiger partial charge in [0.05, 0.1) is 9.21 Å². The Bertz CT molecular complexity index is 683. The van der Waals surface area contributed by atoms with Crippen molar-refractivity contribution in [1.82, 2.24) is 10.2 Å². The van der Waals surface area contributed by atoms with Gasteiger partial charge in [-0.2, -0.15) is 0 Å². The topological polar surface area (TPSA) is 35.6 Å². The molecule has 1 N–H and O–H groups in total. The highest BCUT2D eigenvalue weighted by molar-refractivity contribution is 7.17. The predicted molar refractivity (Wildman–Crippen MR) is 96.7 cm³/mol. The number of hydrogen-bond acceptors (Lipinski definition) is 4. The number of carbonyl (C=O) groups excluding carboxylic acids is 1. The van der Waals surface area contributed by atoms with E-state index in [4.69, 9.17) is 11.6 Å². The Morgan fingerprint density at radius 3 is 2.46 bits per heavy atom. The molecule has 1 amide bonds. The molecular formula is C17H19ClFN3OS. The number of benzene rings is 1. The van der Waals surface area contributed by atoms with Gasteiger partial charge in [-0.05, 0) is 36.4 Å². The average Bonchev–Trinajstić information content (AvgIpc) is 3.03. The number of thiophene rings is 1. The summed E-state index contributed by atoms with van der Waals surface area (Å²) in [6.45, 7) is 5.10. The van der Waals surface area contributed by atoms with Crippen molar-refractivity contribution in [2.45, 2.75) is 0 Å². The van der Waals surface area contributed by atoms with Crippen LogP contribution in [0.1, 0.15) is 9.67 Å². The lowest BCUT2D eigenvalue weighted by Crippen LogP contribution is -2.48. The van der Waals surface area contributed by atoms with Crippen LogP contribution in [-0.2, 0) is 0 Å². The number of rotatable bonds is 5. The third-order valence-corrected chi connectivity index (χ3v) is 5.30. The summed E-state index contributed by atoms with van der Waals surface area (Å²) in [6.07, 6.45) is 0. The van der Waals surface area contributed by atoms with Gasteiger partial charge in [-0.25, -0.2) is 4.39 Å². The minimum Gasteiger partial charge on any atom is -0.369 e. The summed E-state index contributed by atoms with van der Waals surface area (Å²) in [6, 6.07) is 10.1. The maximum absolute atomic E-state index is 13.0. The standard InChI is InChI=1S/C17H19ClFN3OS/c18-16-6-5-15(24-16)17(23)20-7-8-21-9-11-22(12-10-21)14-3-1-13(19)2-4-14/h1-6H,7-12H2,(H,20,23). The monoisotopic (exact) mass is 367 g/mol. The van der Waals surface area contributed by atoms with Gasteiger partial charge in [0.15, 0.2) is 0 Å². The number of nitrogens with one attached hydrogen (secondary N) is 1. The Kier molecular flexibility index (Phi) is 5.71. The zero-order chi connectivity index (χ0) is 16.9. The Labute approximate surface area is 149 Å². The van der Waals surface area contributed by atoms with Crippen molar-refractivity contribution in [3.05, 3.63) is 51.4 Å². The minimum absolute atomic E-state index is 0.0724. The number of piperazine rings is 1. The Morgan fingerprint density at radius 2 is 1.83 bits per heavy atom. The fourth-order valence-corrected chi connectivity index (χ4v) is 3.69. The first-order valence-corrected chi connectivity index (χ1v) is 9.08. The van der Waals surface area contributed by atoms with Crippen LogP contribution in [0.25, 0.3) is 0 Å². The zero-order valence-corrected chi connectivity index (χ0v) is 14.7. The molecule has 1 aromatic heterocycles. The first-order chi connectivity index (χ1) is 11.6. The van der Waals surface area contributed by atoms with E-state index in [0.29, 0.717) is 15.8 Å². The van der Waals surface area contributed by atoms with E-state index in [1.165, 1.54) is 23.5 Å². The predicted octanol–water partition coefficient (Wildman–Crippen LogP) is 3.09. The van der Waals surface area contributed by atoms with Crippen LogP contribution in [0.3, 0.4) is 0 Å². The number of nitrogens with zero attached hydrogens (tertiary/aromatic N) is 2. The number of halogens is 2. The molecule has 1 aliphatic heterocycles. The molecule has 0 unspecified atom stereocenters. The highest BCUT2D eigenvalue weighted by Gasteiger charge is 2.17. The lowest BCUT2D eigenvalue weighted by molar-refractivity contribution is 0.0952. The molecule has 7 heteroatoms. The van der Waals surface area contributed by atoms with Gasteiger partial charge in [-0.1, -0.05) is 11.6 Å². The van der Waals surface area contributed by atoms with Crippen molar-refractivity contribution in [2.75, 3.05) is 44.2 Å². The molecule has 1 aliphatic rings. The van der Waals surface area contributed by atoms with Crippen LogP contribution in [0.2, 0.25) is 4.34 Å². The molecule has 0 bridgehead atoms. The molecule has 24 heavy (non-hydrogen) atoms. The lowest BCUT2D eigenvalue weighted by atomic mass is 10.2. The summed E-state index contributed by atoms with van der Waals surface area (Å²) >= 11 is 7.13. The second-order valence-corrected chi connectivity index (χ2v) is 7.38. The van der Waals surface area contributed by atoms with E-state index in [2.05, 4.69) is 15.1 Å². The molecule has 0 atom stereocenters. The van der Waals surface area contributed by atoms with Crippen molar-refractivity contribution < 1.29 is 9.18 Å². The Morgan fingerprint density at radius 1 is 1.12 bits per heavy atom. The first-order valence-electron chi connectivity index (χ1n) is 7.88. The SMILES string of the molecule is O=C(NCCN1CCN(c2ccc(F)cc2)CC1)c1ccc(Cl)s1. The van der Waals surface area contributed by atoms with Gasteiger partial charge in [0.2, 0.25) is 0 Å². The highest BCUT2D eigenvalue weighted by Crippen LogP contribution is 2.21. The maximum Gasteiger partial charge on any atom is 0.261 e. The van der Waals surface area contributed by atoms with Crippen molar-refractivity contribution in [2.24, 2.45) is 0 Å². The molecule has 1 aromatic carbocycles. The van der Waals surface area contributed by atoms with Gasteiger partial charge in [0, 0.05) is 45.0 Å². The van der Waals surface area contributed by atoms with Gasteiger partial charge in [0.25, 0.3) is 5.91 Å². The van der Waals surface area contributed by atoms with E-state index in [9.17, 15) is 9.18 Å². The number of amides is 1. The van der Waals surface area contributed by atoms with E-state index >= 15 is 0 Å². The summed E-state index contributed by atoms with van der Waals surface area (Å²) in [5, 5.41) is 2.92. The molecular weight excluding hydrogens is 349 g/mol. The average molecular weight is 368 g/mol. The van der Waals surface area contributed by atoms with Crippen LogP contribution in [0.15, 0.2) is 36.4 Å². The molecule has 0 spiro atoms. The van der Waals surface area contributed by atoms with Crippen LogP contribution in [0.4, 0.5) is 10.1 Å². The quantitative estimate of drug-likeness (QED) is 0.882. The Hall–Kier alpha value is -1.63. The maximum atomic E-state index is 13.0. The van der Waals surface area contributed by atoms with E-state index in [1.54, 1.807) is 12.1 Å². The molecule has 2 aromatic rings. The minimum atomic E-state index is -0.208. The van der Waals surface area contributed by atoms with Crippen molar-refractivity contribution in [3.8, 4) is 0 Å². The largest absolute Gasteiger partial charge is 0.369 e. The zero-order valence-electron chi connectivity index (χ0n) is 13.2. The fraction of sp³-hybridized carbons (Fsp3) is 0.353. The highest BCUT2D eigenvalue weighted by atomic mass is 35.5. The van der Waals surface area contributed by atoms with Crippen LogP contribution in [0, 0.1) is 5.82 Å². The molecule has 0 saturated carbocycles. The van der Waals surface area contributed by atoms with Crippen LogP contribution >= 0.6 is 22.9 Å². The van der Waals surface area contributed by atoms with Gasteiger partial charge < -0.3 is 10.2 Å². The molecule has 128 valence electrons. The molecule has 3 rings (SSSR count). The fourth-order valence-electron chi connectivity index (χ4n) is 2.73. The molecule has 0 radical (unpaired) electrons. The molecule has 0 aliphatic carbocycles. The van der Waals surface area contributed by atoms with Gasteiger partial charge >= 0.3 is 0 Å². The van der Waals surface area contributed by atoms with E-state index in [0.717, 1.165) is 38.4 Å². The van der Waals surface area contributed by atoms with E-state index in [-0.39, 0.29) is 11.7 Å². The van der Waals surface area contributed by atoms with Crippen LogP contribution in [0.5, 0.6) is 0 Å². The molecule has 1 saturated heterocycles. The summed E-state index contributed by atoms with van der Waals surface area (Å²) in [5.41, 5.74) is 1.05. The third-order valence-electron chi connectivity index (χ3n) is 4.07. The first kappa shape index (κ1) is 17.2. The van der Waals surface area contributed by atoms with Crippen molar-refractivity contribution in [1.29, 1.82) is 0 Å². The molecule has 1 fully saturated rings. The van der Waals surface area contributed by atoms with Gasteiger partial charge in [-0.15, -0.1) is 11.3 Å². The molecule has 4 nitrogen and oxygen atoms in total. The normalized spacial score (nSPS) is 15.5. The van der Waals surface area contributed by atoms with Crippen molar-refractivity contribution in [3.63, 3.8) is 0 Å². The number of carbonyl (C=O) groups is 1.